The molecular formula is C14H22O. The third-order valence-corrected chi connectivity index (χ3v) is 3.15. The van der Waals surface area contributed by atoms with Crippen LogP contribution in [0.15, 0.2) is 12.1 Å². The Kier molecular flexibility index (Phi) is 4.34. The highest BCUT2D eigenvalue weighted by Crippen LogP contribution is 2.19. The van der Waals surface area contributed by atoms with Crippen molar-refractivity contribution in [1.82, 2.24) is 0 Å². The summed E-state index contributed by atoms with van der Waals surface area (Å²) in [6, 6.07) is 4.38. The Morgan fingerprint density at radius 1 is 1.13 bits per heavy atom. The standard InChI is InChI=1S/C14H22O/c1-10-8-9-11(2)14(13(10)4)7-5-6-12(3)15/h8-9,12,15H,5-7H2,1-4H3. The van der Waals surface area contributed by atoms with E-state index < -0.39 is 0 Å². The predicted octanol–water partition coefficient (Wildman–Crippen LogP) is 3.32. The Bertz CT molecular complexity index is 326. The maximum Gasteiger partial charge on any atom is 0.0512 e. The minimum absolute atomic E-state index is 0.171. The number of aliphatic hydroxyl groups excluding tert-OH is 1. The van der Waals surface area contributed by atoms with Gasteiger partial charge in [-0.2, -0.15) is 0 Å². The molecule has 0 radical (unpaired) electrons. The summed E-state index contributed by atoms with van der Waals surface area (Å²) >= 11 is 0. The molecule has 0 bridgehead atoms. The third-order valence-electron chi connectivity index (χ3n) is 3.15. The summed E-state index contributed by atoms with van der Waals surface area (Å²) in [5, 5.41) is 9.22. The molecular weight excluding hydrogens is 184 g/mol. The molecule has 1 unspecified atom stereocenters. The van der Waals surface area contributed by atoms with Gasteiger partial charge in [-0.15, -0.1) is 0 Å². The highest BCUT2D eigenvalue weighted by atomic mass is 16.3. The van der Waals surface area contributed by atoms with Crippen LogP contribution >= 0.6 is 0 Å². The molecule has 0 saturated carbocycles. The molecule has 1 nitrogen and oxygen atoms in total. The van der Waals surface area contributed by atoms with Gasteiger partial charge in [0.15, 0.2) is 0 Å². The van der Waals surface area contributed by atoms with E-state index in [2.05, 4.69) is 32.9 Å². The van der Waals surface area contributed by atoms with E-state index in [1.54, 1.807) is 0 Å². The van der Waals surface area contributed by atoms with Gasteiger partial charge in [0, 0.05) is 0 Å². The number of benzene rings is 1. The molecule has 0 fully saturated rings. The van der Waals surface area contributed by atoms with E-state index in [9.17, 15) is 5.11 Å². The lowest BCUT2D eigenvalue weighted by Crippen LogP contribution is -2.02. The second-order valence-electron chi connectivity index (χ2n) is 4.54. The average molecular weight is 206 g/mol. The van der Waals surface area contributed by atoms with Crippen LogP contribution in [0, 0.1) is 20.8 Å². The number of aryl methyl sites for hydroxylation is 2. The topological polar surface area (TPSA) is 20.2 Å². The van der Waals surface area contributed by atoms with E-state index in [0.717, 1.165) is 19.3 Å². The molecule has 0 aromatic heterocycles. The Hall–Kier alpha value is -0.820. The molecule has 0 heterocycles. The quantitative estimate of drug-likeness (QED) is 0.801. The first kappa shape index (κ1) is 12.3. The van der Waals surface area contributed by atoms with Crippen LogP contribution in [0.5, 0.6) is 0 Å². The molecule has 1 aromatic carbocycles. The van der Waals surface area contributed by atoms with Crippen LogP contribution in [-0.2, 0) is 6.42 Å². The van der Waals surface area contributed by atoms with Gasteiger partial charge in [0.25, 0.3) is 0 Å². The average Bonchev–Trinajstić information content (AvgIpc) is 2.17. The van der Waals surface area contributed by atoms with Crippen LogP contribution in [0.2, 0.25) is 0 Å². The van der Waals surface area contributed by atoms with Crippen molar-refractivity contribution < 1.29 is 5.11 Å². The van der Waals surface area contributed by atoms with Gasteiger partial charge in [0.2, 0.25) is 0 Å². The van der Waals surface area contributed by atoms with E-state index in [0.29, 0.717) is 0 Å². The van der Waals surface area contributed by atoms with Gasteiger partial charge in [-0.05, 0) is 69.2 Å². The van der Waals surface area contributed by atoms with E-state index >= 15 is 0 Å². The zero-order chi connectivity index (χ0) is 11.4. The van der Waals surface area contributed by atoms with Gasteiger partial charge in [0.1, 0.15) is 0 Å². The second kappa shape index (κ2) is 5.32. The lowest BCUT2D eigenvalue weighted by atomic mass is 9.94. The maximum atomic E-state index is 9.22. The van der Waals surface area contributed by atoms with Gasteiger partial charge in [-0.1, -0.05) is 12.1 Å². The van der Waals surface area contributed by atoms with Crippen LogP contribution in [0.4, 0.5) is 0 Å². The molecule has 84 valence electrons. The molecule has 15 heavy (non-hydrogen) atoms. The first-order chi connectivity index (χ1) is 7.02. The summed E-state index contributed by atoms with van der Waals surface area (Å²) in [6.45, 7) is 8.38. The maximum absolute atomic E-state index is 9.22. The van der Waals surface area contributed by atoms with Crippen molar-refractivity contribution in [3.05, 3.63) is 34.4 Å². The summed E-state index contributed by atoms with van der Waals surface area (Å²) in [6.07, 6.45) is 2.88. The third kappa shape index (κ3) is 3.35. The van der Waals surface area contributed by atoms with Gasteiger partial charge < -0.3 is 5.11 Å². The minimum Gasteiger partial charge on any atom is -0.393 e. The smallest absolute Gasteiger partial charge is 0.0512 e. The fourth-order valence-electron chi connectivity index (χ4n) is 1.97. The van der Waals surface area contributed by atoms with E-state index in [1.807, 2.05) is 6.92 Å². The first-order valence-electron chi connectivity index (χ1n) is 5.76. The van der Waals surface area contributed by atoms with Gasteiger partial charge in [-0.25, -0.2) is 0 Å². The molecule has 1 heteroatoms. The van der Waals surface area contributed by atoms with Crippen molar-refractivity contribution in [1.29, 1.82) is 0 Å². The van der Waals surface area contributed by atoms with Crippen molar-refractivity contribution in [3.63, 3.8) is 0 Å². The molecule has 1 aromatic rings. The van der Waals surface area contributed by atoms with Crippen LogP contribution in [0.1, 0.15) is 42.0 Å². The highest BCUT2D eigenvalue weighted by molar-refractivity contribution is 5.39. The molecule has 0 spiro atoms. The van der Waals surface area contributed by atoms with E-state index in [1.165, 1.54) is 22.3 Å². The van der Waals surface area contributed by atoms with Gasteiger partial charge >= 0.3 is 0 Å². The summed E-state index contributed by atoms with van der Waals surface area (Å²) in [4.78, 5) is 0. The minimum atomic E-state index is -0.171. The summed E-state index contributed by atoms with van der Waals surface area (Å²) in [5.41, 5.74) is 5.63. The Morgan fingerprint density at radius 2 is 1.73 bits per heavy atom. The number of rotatable bonds is 4. The van der Waals surface area contributed by atoms with Crippen molar-refractivity contribution >= 4 is 0 Å². The fourth-order valence-corrected chi connectivity index (χ4v) is 1.97. The van der Waals surface area contributed by atoms with Crippen LogP contribution in [-0.4, -0.2) is 11.2 Å². The first-order valence-corrected chi connectivity index (χ1v) is 5.76. The molecule has 0 aliphatic rings. The van der Waals surface area contributed by atoms with E-state index in [-0.39, 0.29) is 6.10 Å². The number of hydrogen-bond acceptors (Lipinski definition) is 1. The van der Waals surface area contributed by atoms with Crippen molar-refractivity contribution in [2.75, 3.05) is 0 Å². The Balaban J connectivity index is 2.71. The molecule has 0 amide bonds. The molecule has 1 atom stereocenters. The zero-order valence-electron chi connectivity index (χ0n) is 10.3. The number of aliphatic hydroxyl groups is 1. The van der Waals surface area contributed by atoms with Crippen LogP contribution < -0.4 is 0 Å². The summed E-state index contributed by atoms with van der Waals surface area (Å²) in [7, 11) is 0. The summed E-state index contributed by atoms with van der Waals surface area (Å²) in [5.74, 6) is 0. The molecule has 1 rings (SSSR count). The zero-order valence-corrected chi connectivity index (χ0v) is 10.3. The van der Waals surface area contributed by atoms with Crippen molar-refractivity contribution in [2.45, 2.75) is 53.1 Å². The number of hydrogen-bond donors (Lipinski definition) is 1. The largest absolute Gasteiger partial charge is 0.393 e. The second-order valence-corrected chi connectivity index (χ2v) is 4.54. The monoisotopic (exact) mass is 206 g/mol. The van der Waals surface area contributed by atoms with Crippen molar-refractivity contribution in [2.24, 2.45) is 0 Å². The van der Waals surface area contributed by atoms with Crippen LogP contribution in [0.25, 0.3) is 0 Å². The molecule has 0 aliphatic heterocycles. The van der Waals surface area contributed by atoms with Gasteiger partial charge in [0.05, 0.1) is 6.10 Å². The SMILES string of the molecule is Cc1ccc(C)c(CCCC(C)O)c1C. The summed E-state index contributed by atoms with van der Waals surface area (Å²) < 4.78 is 0. The fraction of sp³-hybridized carbons (Fsp3) is 0.571. The Labute approximate surface area is 93.1 Å². The normalized spacial score (nSPS) is 12.9. The van der Waals surface area contributed by atoms with Crippen molar-refractivity contribution in [3.8, 4) is 0 Å². The highest BCUT2D eigenvalue weighted by Gasteiger charge is 2.05. The lowest BCUT2D eigenvalue weighted by molar-refractivity contribution is 0.181. The molecule has 0 saturated heterocycles. The Morgan fingerprint density at radius 3 is 2.33 bits per heavy atom. The molecule has 0 aliphatic carbocycles. The van der Waals surface area contributed by atoms with Crippen LogP contribution in [0.3, 0.4) is 0 Å². The lowest BCUT2D eigenvalue weighted by Gasteiger charge is -2.12. The van der Waals surface area contributed by atoms with E-state index in [4.69, 9.17) is 0 Å². The molecule has 1 N–H and O–H groups in total. The predicted molar refractivity (Wildman–Crippen MR) is 65.3 cm³/mol. The van der Waals surface area contributed by atoms with Gasteiger partial charge in [-0.3, -0.25) is 0 Å².